The van der Waals surface area contributed by atoms with Crippen molar-refractivity contribution in [1.29, 1.82) is 0 Å². The molecule has 2 aliphatic rings. The first-order valence-corrected chi connectivity index (χ1v) is 8.46. The van der Waals surface area contributed by atoms with Crippen molar-refractivity contribution in [2.45, 2.75) is 19.4 Å². The third-order valence-electron chi connectivity index (χ3n) is 5.16. The highest BCUT2D eigenvalue weighted by atomic mass is 35.5. The Morgan fingerprint density at radius 3 is 2.71 bits per heavy atom. The van der Waals surface area contributed by atoms with Crippen LogP contribution in [0.3, 0.4) is 0 Å². The molecule has 24 heavy (non-hydrogen) atoms. The Labute approximate surface area is 148 Å². The summed E-state index contributed by atoms with van der Waals surface area (Å²) in [6.45, 7) is 7.87. The second-order valence-electron chi connectivity index (χ2n) is 6.53. The van der Waals surface area contributed by atoms with Gasteiger partial charge in [-0.3, -0.25) is 9.69 Å². The van der Waals surface area contributed by atoms with E-state index in [2.05, 4.69) is 10.2 Å². The molecule has 0 spiro atoms. The highest BCUT2D eigenvalue weighted by Gasteiger charge is 2.33. The Hall–Kier alpha value is -1.56. The van der Waals surface area contributed by atoms with Gasteiger partial charge in [0.1, 0.15) is 5.58 Å². The summed E-state index contributed by atoms with van der Waals surface area (Å²) < 4.78 is 5.84. The lowest BCUT2D eigenvalue weighted by atomic mass is 10.1. The third kappa shape index (κ3) is 3.04. The minimum atomic E-state index is 0. The summed E-state index contributed by atoms with van der Waals surface area (Å²) in [5.74, 6) is 0.545. The smallest absolute Gasteiger partial charge is 0.289 e. The number of amides is 1. The number of rotatable bonds is 2. The number of carbonyl (C=O) groups excluding carboxylic acids is 1. The average molecular weight is 350 g/mol. The maximum Gasteiger partial charge on any atom is 0.289 e. The fraction of sp³-hybridized carbons (Fsp3) is 0.500. The number of halogens is 1. The predicted octanol–water partition coefficient (Wildman–Crippen LogP) is 2.28. The van der Waals surface area contributed by atoms with Crippen LogP contribution < -0.4 is 5.32 Å². The van der Waals surface area contributed by atoms with E-state index in [4.69, 9.17) is 4.42 Å². The van der Waals surface area contributed by atoms with Gasteiger partial charge in [-0.1, -0.05) is 18.2 Å². The van der Waals surface area contributed by atoms with Crippen LogP contribution >= 0.6 is 12.4 Å². The quantitative estimate of drug-likeness (QED) is 0.903. The summed E-state index contributed by atoms with van der Waals surface area (Å²) in [6.07, 6.45) is 1.06. The topological polar surface area (TPSA) is 48.7 Å². The number of nitrogens with one attached hydrogen (secondary N) is 1. The van der Waals surface area contributed by atoms with Crippen LogP contribution in [0.4, 0.5) is 0 Å². The van der Waals surface area contributed by atoms with Crippen LogP contribution in [-0.2, 0) is 0 Å². The van der Waals surface area contributed by atoms with E-state index >= 15 is 0 Å². The summed E-state index contributed by atoms with van der Waals surface area (Å²) in [6, 6.07) is 8.35. The molecule has 2 saturated heterocycles. The van der Waals surface area contributed by atoms with Crippen LogP contribution in [0.15, 0.2) is 28.7 Å². The lowest BCUT2D eigenvalue weighted by Gasteiger charge is -2.32. The first-order chi connectivity index (χ1) is 11.2. The first kappa shape index (κ1) is 17.3. The van der Waals surface area contributed by atoms with Crippen molar-refractivity contribution in [3.63, 3.8) is 0 Å². The molecule has 0 aliphatic carbocycles. The zero-order valence-corrected chi connectivity index (χ0v) is 14.8. The van der Waals surface area contributed by atoms with E-state index in [0.717, 1.165) is 62.2 Å². The van der Waals surface area contributed by atoms with Gasteiger partial charge in [0.15, 0.2) is 5.76 Å². The Bertz CT molecular complexity index is 724. The van der Waals surface area contributed by atoms with Gasteiger partial charge >= 0.3 is 0 Å². The van der Waals surface area contributed by atoms with Gasteiger partial charge in [-0.2, -0.15) is 0 Å². The number of hydrogen-bond acceptors (Lipinski definition) is 4. The summed E-state index contributed by atoms with van der Waals surface area (Å²) in [4.78, 5) is 17.3. The van der Waals surface area contributed by atoms with E-state index in [9.17, 15) is 4.79 Å². The minimum absolute atomic E-state index is 0. The zero-order chi connectivity index (χ0) is 15.8. The lowest BCUT2D eigenvalue weighted by Crippen LogP contribution is -2.49. The summed E-state index contributed by atoms with van der Waals surface area (Å²) in [5, 5.41) is 4.42. The molecule has 2 aliphatic heterocycles. The summed E-state index contributed by atoms with van der Waals surface area (Å²) in [7, 11) is 0. The Morgan fingerprint density at radius 1 is 1.21 bits per heavy atom. The molecular weight excluding hydrogens is 326 g/mol. The maximum atomic E-state index is 12.9. The monoisotopic (exact) mass is 349 g/mol. The Kier molecular flexibility index (Phi) is 5.13. The molecule has 0 bridgehead atoms. The van der Waals surface area contributed by atoms with Gasteiger partial charge in [-0.15, -0.1) is 12.4 Å². The number of benzene rings is 1. The first-order valence-electron chi connectivity index (χ1n) is 8.46. The van der Waals surface area contributed by atoms with Crippen molar-refractivity contribution in [2.75, 3.05) is 39.3 Å². The van der Waals surface area contributed by atoms with Crippen LogP contribution in [0, 0.1) is 6.92 Å². The van der Waals surface area contributed by atoms with E-state index in [1.165, 1.54) is 0 Å². The number of hydrogen-bond donors (Lipinski definition) is 1. The van der Waals surface area contributed by atoms with Crippen molar-refractivity contribution in [3.05, 3.63) is 35.6 Å². The number of fused-ring (bicyclic) bond motifs is 1. The number of para-hydroxylation sites is 1. The van der Waals surface area contributed by atoms with E-state index in [1.54, 1.807) is 0 Å². The van der Waals surface area contributed by atoms with E-state index in [0.29, 0.717) is 11.8 Å². The van der Waals surface area contributed by atoms with Crippen LogP contribution in [0.1, 0.15) is 22.5 Å². The third-order valence-corrected chi connectivity index (χ3v) is 5.16. The van der Waals surface area contributed by atoms with E-state index in [-0.39, 0.29) is 18.3 Å². The SMILES string of the molecule is Cc1c(C(=O)N2CCC(N3CCNCC3)C2)oc2ccccc12.Cl. The van der Waals surface area contributed by atoms with Gasteiger partial charge in [0, 0.05) is 56.3 Å². The number of piperazine rings is 1. The van der Waals surface area contributed by atoms with Gasteiger partial charge < -0.3 is 14.6 Å². The van der Waals surface area contributed by atoms with E-state index in [1.807, 2.05) is 36.1 Å². The average Bonchev–Trinajstić information content (AvgIpc) is 3.21. The molecule has 1 amide bonds. The zero-order valence-electron chi connectivity index (χ0n) is 14.0. The van der Waals surface area contributed by atoms with Crippen LogP contribution in [-0.4, -0.2) is 61.0 Å². The van der Waals surface area contributed by atoms with Gasteiger partial charge in [0.2, 0.25) is 0 Å². The van der Waals surface area contributed by atoms with Crippen molar-refractivity contribution in [1.82, 2.24) is 15.1 Å². The van der Waals surface area contributed by atoms with Crippen LogP contribution in [0.5, 0.6) is 0 Å². The lowest BCUT2D eigenvalue weighted by molar-refractivity contribution is 0.0743. The standard InChI is InChI=1S/C18H23N3O2.ClH/c1-13-15-4-2-3-5-16(15)23-17(13)18(22)21-9-6-14(12-21)20-10-7-19-8-11-20;/h2-5,14,19H,6-12H2,1H3;1H. The van der Waals surface area contributed by atoms with Gasteiger partial charge in [-0.25, -0.2) is 0 Å². The molecule has 1 atom stereocenters. The summed E-state index contributed by atoms with van der Waals surface area (Å²) in [5.41, 5.74) is 1.75. The minimum Gasteiger partial charge on any atom is -0.451 e. The molecular formula is C18H24ClN3O2. The van der Waals surface area contributed by atoms with Crippen molar-refractivity contribution in [3.8, 4) is 0 Å². The number of furan rings is 1. The number of likely N-dealkylation sites (tertiary alicyclic amines) is 1. The molecule has 5 nitrogen and oxygen atoms in total. The molecule has 3 heterocycles. The number of aryl methyl sites for hydroxylation is 1. The molecule has 1 unspecified atom stereocenters. The fourth-order valence-corrected chi connectivity index (χ4v) is 3.79. The Morgan fingerprint density at radius 2 is 1.96 bits per heavy atom. The van der Waals surface area contributed by atoms with Crippen molar-refractivity contribution >= 4 is 29.3 Å². The summed E-state index contributed by atoms with van der Waals surface area (Å²) >= 11 is 0. The maximum absolute atomic E-state index is 12.9. The van der Waals surface area contributed by atoms with Crippen LogP contribution in [0.25, 0.3) is 11.0 Å². The molecule has 2 aromatic rings. The fourth-order valence-electron chi connectivity index (χ4n) is 3.79. The number of carbonyl (C=O) groups is 1. The van der Waals surface area contributed by atoms with Crippen molar-refractivity contribution < 1.29 is 9.21 Å². The van der Waals surface area contributed by atoms with Crippen molar-refractivity contribution in [2.24, 2.45) is 0 Å². The second kappa shape index (κ2) is 7.13. The molecule has 130 valence electrons. The molecule has 6 heteroatoms. The largest absolute Gasteiger partial charge is 0.451 e. The Balaban J connectivity index is 0.00000169. The van der Waals surface area contributed by atoms with Gasteiger partial charge in [-0.05, 0) is 19.4 Å². The molecule has 1 N–H and O–H groups in total. The van der Waals surface area contributed by atoms with Gasteiger partial charge in [0.05, 0.1) is 0 Å². The van der Waals surface area contributed by atoms with Crippen LogP contribution in [0.2, 0.25) is 0 Å². The molecule has 1 aromatic carbocycles. The van der Waals surface area contributed by atoms with E-state index < -0.39 is 0 Å². The molecule has 0 saturated carbocycles. The molecule has 0 radical (unpaired) electrons. The molecule has 2 fully saturated rings. The normalized spacial score (nSPS) is 21.9. The molecule has 1 aromatic heterocycles. The number of nitrogens with zero attached hydrogens (tertiary/aromatic N) is 2. The highest BCUT2D eigenvalue weighted by Crippen LogP contribution is 2.27. The molecule has 4 rings (SSSR count). The van der Waals surface area contributed by atoms with Gasteiger partial charge in [0.25, 0.3) is 5.91 Å². The predicted molar refractivity (Wildman–Crippen MR) is 97.0 cm³/mol. The second-order valence-corrected chi connectivity index (χ2v) is 6.53. The highest BCUT2D eigenvalue weighted by molar-refractivity contribution is 5.99.